The number of likely N-dealkylation sites (tertiary alicyclic amines) is 1. The normalized spacial score (nSPS) is 27.2. The van der Waals surface area contributed by atoms with Crippen LogP contribution in [0.3, 0.4) is 0 Å². The first-order valence-corrected chi connectivity index (χ1v) is 6.16. The number of amides is 1. The van der Waals surface area contributed by atoms with Gasteiger partial charge in [-0.05, 0) is 30.9 Å². The van der Waals surface area contributed by atoms with Crippen molar-refractivity contribution in [3.05, 3.63) is 29.6 Å². The predicted octanol–water partition coefficient (Wildman–Crippen LogP) is 0.681. The number of pyridine rings is 1. The van der Waals surface area contributed by atoms with Gasteiger partial charge in [-0.1, -0.05) is 0 Å². The van der Waals surface area contributed by atoms with E-state index in [2.05, 4.69) is 10.3 Å². The smallest absolute Gasteiger partial charge is 0.255 e. The molecule has 0 radical (unpaired) electrons. The summed E-state index contributed by atoms with van der Waals surface area (Å²) in [4.78, 5) is 18.4. The number of rotatable bonds is 1. The van der Waals surface area contributed by atoms with E-state index in [-0.39, 0.29) is 5.91 Å². The number of nitrogens with zero attached hydrogens (tertiary/aromatic N) is 2. The molecular weight excluding hydrogens is 214 g/mol. The number of hydrogen-bond acceptors (Lipinski definition) is 3. The molecule has 1 aromatic heterocycles. The second-order valence-corrected chi connectivity index (χ2v) is 5.08. The van der Waals surface area contributed by atoms with E-state index in [1.165, 1.54) is 0 Å². The van der Waals surface area contributed by atoms with Crippen LogP contribution in [0, 0.1) is 18.8 Å². The number of aryl methyl sites for hydroxylation is 1. The Morgan fingerprint density at radius 1 is 1.35 bits per heavy atom. The summed E-state index contributed by atoms with van der Waals surface area (Å²) in [7, 11) is 0. The van der Waals surface area contributed by atoms with Crippen LogP contribution in [0.25, 0.3) is 0 Å². The second-order valence-electron chi connectivity index (χ2n) is 5.08. The first kappa shape index (κ1) is 10.7. The minimum absolute atomic E-state index is 0.131. The molecule has 0 spiro atoms. The molecule has 90 valence electrons. The lowest BCUT2D eigenvalue weighted by atomic mass is 10.0. The summed E-state index contributed by atoms with van der Waals surface area (Å²) in [5.41, 5.74) is 1.66. The highest BCUT2D eigenvalue weighted by atomic mass is 16.2. The van der Waals surface area contributed by atoms with Gasteiger partial charge in [0.05, 0.1) is 5.56 Å². The zero-order chi connectivity index (χ0) is 11.8. The maximum Gasteiger partial charge on any atom is 0.255 e. The van der Waals surface area contributed by atoms with Gasteiger partial charge in [-0.2, -0.15) is 0 Å². The van der Waals surface area contributed by atoms with Gasteiger partial charge in [0.25, 0.3) is 5.91 Å². The van der Waals surface area contributed by atoms with Crippen LogP contribution < -0.4 is 5.32 Å². The molecule has 2 saturated heterocycles. The van der Waals surface area contributed by atoms with Crippen LogP contribution in [0.15, 0.2) is 18.3 Å². The van der Waals surface area contributed by atoms with Gasteiger partial charge in [-0.25, -0.2) is 0 Å². The SMILES string of the molecule is Cc1ccc(C(=O)N2CC3CNCC3C2)cn1. The first-order valence-electron chi connectivity index (χ1n) is 6.16. The summed E-state index contributed by atoms with van der Waals surface area (Å²) in [5.74, 6) is 1.43. The summed E-state index contributed by atoms with van der Waals surface area (Å²) in [5, 5.41) is 3.38. The molecule has 1 N–H and O–H groups in total. The largest absolute Gasteiger partial charge is 0.338 e. The fraction of sp³-hybridized carbons (Fsp3) is 0.538. The zero-order valence-corrected chi connectivity index (χ0v) is 10.0. The maximum absolute atomic E-state index is 12.3. The molecule has 2 unspecified atom stereocenters. The average molecular weight is 231 g/mol. The van der Waals surface area contributed by atoms with Crippen LogP contribution in [-0.4, -0.2) is 42.0 Å². The molecule has 1 aromatic rings. The summed E-state index contributed by atoms with van der Waals surface area (Å²) in [6.07, 6.45) is 1.68. The monoisotopic (exact) mass is 231 g/mol. The molecule has 4 heteroatoms. The van der Waals surface area contributed by atoms with Gasteiger partial charge in [0.2, 0.25) is 0 Å². The quantitative estimate of drug-likeness (QED) is 0.773. The lowest BCUT2D eigenvalue weighted by Crippen LogP contribution is -2.31. The van der Waals surface area contributed by atoms with Crippen molar-refractivity contribution in [3.63, 3.8) is 0 Å². The van der Waals surface area contributed by atoms with E-state index in [1.54, 1.807) is 6.20 Å². The molecular formula is C13H17N3O. The van der Waals surface area contributed by atoms with Gasteiger partial charge in [-0.3, -0.25) is 9.78 Å². The zero-order valence-electron chi connectivity index (χ0n) is 10.0. The third kappa shape index (κ3) is 1.93. The third-order valence-corrected chi connectivity index (χ3v) is 3.84. The molecule has 3 heterocycles. The van der Waals surface area contributed by atoms with E-state index in [1.807, 2.05) is 24.0 Å². The second kappa shape index (κ2) is 4.11. The molecule has 3 rings (SSSR count). The Bertz CT molecular complexity index is 417. The van der Waals surface area contributed by atoms with Crippen molar-refractivity contribution in [1.82, 2.24) is 15.2 Å². The van der Waals surface area contributed by atoms with E-state index in [4.69, 9.17) is 0 Å². The van der Waals surface area contributed by atoms with Crippen molar-refractivity contribution in [2.75, 3.05) is 26.2 Å². The topological polar surface area (TPSA) is 45.2 Å². The summed E-state index contributed by atoms with van der Waals surface area (Å²) in [6, 6.07) is 3.77. The van der Waals surface area contributed by atoms with E-state index >= 15 is 0 Å². The van der Waals surface area contributed by atoms with Crippen LogP contribution in [0.5, 0.6) is 0 Å². The molecule has 0 aromatic carbocycles. The van der Waals surface area contributed by atoms with Gasteiger partial charge in [0, 0.05) is 38.1 Å². The highest BCUT2D eigenvalue weighted by molar-refractivity contribution is 5.94. The summed E-state index contributed by atoms with van der Waals surface area (Å²) >= 11 is 0. The van der Waals surface area contributed by atoms with Gasteiger partial charge >= 0.3 is 0 Å². The third-order valence-electron chi connectivity index (χ3n) is 3.84. The minimum atomic E-state index is 0.131. The lowest BCUT2D eigenvalue weighted by Gasteiger charge is -2.17. The van der Waals surface area contributed by atoms with Crippen molar-refractivity contribution in [3.8, 4) is 0 Å². The van der Waals surface area contributed by atoms with Gasteiger partial charge in [0.15, 0.2) is 0 Å². The van der Waals surface area contributed by atoms with E-state index in [0.717, 1.165) is 31.9 Å². The fourth-order valence-electron chi connectivity index (χ4n) is 2.80. The van der Waals surface area contributed by atoms with Crippen LogP contribution in [0.2, 0.25) is 0 Å². The summed E-state index contributed by atoms with van der Waals surface area (Å²) in [6.45, 7) is 5.83. The van der Waals surface area contributed by atoms with Crippen LogP contribution in [0.4, 0.5) is 0 Å². The Labute approximate surface area is 101 Å². The van der Waals surface area contributed by atoms with E-state index in [0.29, 0.717) is 17.4 Å². The highest BCUT2D eigenvalue weighted by Gasteiger charge is 2.38. The number of carbonyl (C=O) groups excluding carboxylic acids is 1. The fourth-order valence-corrected chi connectivity index (χ4v) is 2.80. The lowest BCUT2D eigenvalue weighted by molar-refractivity contribution is 0.0781. The maximum atomic E-state index is 12.3. The minimum Gasteiger partial charge on any atom is -0.338 e. The molecule has 2 aliphatic rings. The molecule has 2 atom stereocenters. The predicted molar refractivity (Wildman–Crippen MR) is 64.7 cm³/mol. The Hall–Kier alpha value is -1.42. The number of hydrogen-bond donors (Lipinski definition) is 1. The van der Waals surface area contributed by atoms with E-state index in [9.17, 15) is 4.79 Å². The summed E-state index contributed by atoms with van der Waals surface area (Å²) < 4.78 is 0. The molecule has 17 heavy (non-hydrogen) atoms. The Morgan fingerprint density at radius 3 is 2.65 bits per heavy atom. The van der Waals surface area contributed by atoms with E-state index < -0.39 is 0 Å². The van der Waals surface area contributed by atoms with Crippen molar-refractivity contribution in [2.45, 2.75) is 6.92 Å². The van der Waals surface area contributed by atoms with Crippen LogP contribution in [0.1, 0.15) is 16.1 Å². The highest BCUT2D eigenvalue weighted by Crippen LogP contribution is 2.27. The molecule has 2 fully saturated rings. The molecule has 0 aliphatic carbocycles. The number of fused-ring (bicyclic) bond motifs is 1. The van der Waals surface area contributed by atoms with Crippen molar-refractivity contribution < 1.29 is 4.79 Å². The van der Waals surface area contributed by atoms with Gasteiger partial charge in [-0.15, -0.1) is 0 Å². The standard InChI is InChI=1S/C13H17N3O/c1-9-2-3-10(6-15-9)13(17)16-7-11-4-14-5-12(11)8-16/h2-3,6,11-12,14H,4-5,7-8H2,1H3. The average Bonchev–Trinajstić information content (AvgIpc) is 2.89. The van der Waals surface area contributed by atoms with Gasteiger partial charge < -0.3 is 10.2 Å². The van der Waals surface area contributed by atoms with Crippen molar-refractivity contribution in [1.29, 1.82) is 0 Å². The Balaban J connectivity index is 1.73. The van der Waals surface area contributed by atoms with Crippen molar-refractivity contribution in [2.24, 2.45) is 11.8 Å². The molecule has 1 amide bonds. The first-order chi connectivity index (χ1) is 8.24. The molecule has 0 saturated carbocycles. The molecule has 0 bridgehead atoms. The van der Waals surface area contributed by atoms with Gasteiger partial charge in [0.1, 0.15) is 0 Å². The number of aromatic nitrogens is 1. The van der Waals surface area contributed by atoms with Crippen molar-refractivity contribution >= 4 is 5.91 Å². The Kier molecular flexibility index (Phi) is 2.59. The molecule has 4 nitrogen and oxygen atoms in total. The number of carbonyl (C=O) groups is 1. The molecule has 2 aliphatic heterocycles. The van der Waals surface area contributed by atoms with Crippen LogP contribution in [-0.2, 0) is 0 Å². The Morgan fingerprint density at radius 2 is 2.06 bits per heavy atom. The number of nitrogens with one attached hydrogen (secondary N) is 1. The van der Waals surface area contributed by atoms with Crippen LogP contribution >= 0.6 is 0 Å².